The van der Waals surface area contributed by atoms with Gasteiger partial charge in [-0.3, -0.25) is 4.79 Å². The van der Waals surface area contributed by atoms with Gasteiger partial charge in [0.05, 0.1) is 13.7 Å². The van der Waals surface area contributed by atoms with E-state index in [-0.39, 0.29) is 5.91 Å². The molecule has 0 heterocycles. The molecule has 0 aliphatic heterocycles. The molecule has 4 heteroatoms. The Bertz CT molecular complexity index is 505. The summed E-state index contributed by atoms with van der Waals surface area (Å²) in [5.74, 6) is 1.36. The molecule has 1 fully saturated rings. The number of hydrogen-bond donors (Lipinski definition) is 1. The van der Waals surface area contributed by atoms with Gasteiger partial charge in [0.2, 0.25) is 5.91 Å². The van der Waals surface area contributed by atoms with E-state index in [9.17, 15) is 4.79 Å². The van der Waals surface area contributed by atoms with Gasteiger partial charge in [-0.05, 0) is 43.5 Å². The normalized spacial score (nSPS) is 15.3. The lowest BCUT2D eigenvalue weighted by Crippen LogP contribution is -2.30. The molecular weight excluding hydrogens is 266 g/mol. The van der Waals surface area contributed by atoms with Crippen LogP contribution >= 0.6 is 0 Å². The number of carbonyl (C=O) groups is 1. The summed E-state index contributed by atoms with van der Waals surface area (Å²) in [6.45, 7) is 2.50. The van der Waals surface area contributed by atoms with E-state index in [4.69, 9.17) is 9.47 Å². The average Bonchev–Trinajstić information content (AvgIpc) is 2.98. The zero-order valence-electron chi connectivity index (χ0n) is 12.7. The summed E-state index contributed by atoms with van der Waals surface area (Å²) in [6.07, 6.45) is 7.99. The van der Waals surface area contributed by atoms with Crippen LogP contribution in [0.4, 0.5) is 0 Å². The van der Waals surface area contributed by atoms with Crippen LogP contribution in [0, 0.1) is 0 Å². The minimum absolute atomic E-state index is 0.0318. The van der Waals surface area contributed by atoms with Crippen molar-refractivity contribution < 1.29 is 14.3 Å². The number of benzene rings is 1. The van der Waals surface area contributed by atoms with E-state index in [0.717, 1.165) is 18.4 Å². The van der Waals surface area contributed by atoms with Crippen LogP contribution in [0.15, 0.2) is 24.3 Å². The molecule has 1 N–H and O–H groups in total. The Morgan fingerprint density at radius 3 is 2.76 bits per heavy atom. The molecule has 4 nitrogen and oxygen atoms in total. The highest BCUT2D eigenvalue weighted by atomic mass is 16.5. The highest BCUT2D eigenvalue weighted by molar-refractivity contribution is 5.92. The Kier molecular flexibility index (Phi) is 5.67. The number of hydrogen-bond acceptors (Lipinski definition) is 3. The van der Waals surface area contributed by atoms with E-state index >= 15 is 0 Å². The molecule has 21 heavy (non-hydrogen) atoms. The maximum Gasteiger partial charge on any atom is 0.244 e. The third-order valence-electron chi connectivity index (χ3n) is 3.62. The molecule has 0 atom stereocenters. The summed E-state index contributed by atoms with van der Waals surface area (Å²) in [7, 11) is 1.61. The van der Waals surface area contributed by atoms with Crippen molar-refractivity contribution in [2.45, 2.75) is 38.6 Å². The molecule has 0 bridgehead atoms. The van der Waals surface area contributed by atoms with Crippen LogP contribution in [-0.2, 0) is 4.79 Å². The largest absolute Gasteiger partial charge is 0.493 e. The number of nitrogens with one attached hydrogen (secondary N) is 1. The van der Waals surface area contributed by atoms with Gasteiger partial charge >= 0.3 is 0 Å². The molecule has 114 valence electrons. The maximum atomic E-state index is 11.9. The predicted molar refractivity (Wildman–Crippen MR) is 83.6 cm³/mol. The standard InChI is InChI=1S/C17H23NO3/c1-3-21-16-12-13(8-10-15(16)20-2)9-11-17(19)18-14-6-4-5-7-14/h8-12,14H,3-7H2,1-2H3,(H,18,19)/b11-9+. The molecule has 1 amide bonds. The first-order valence-corrected chi connectivity index (χ1v) is 7.52. The molecule has 1 aromatic rings. The van der Waals surface area contributed by atoms with E-state index in [1.807, 2.05) is 25.1 Å². The average molecular weight is 289 g/mol. The zero-order valence-corrected chi connectivity index (χ0v) is 12.7. The summed E-state index contributed by atoms with van der Waals surface area (Å²) in [5.41, 5.74) is 0.917. The number of methoxy groups -OCH3 is 1. The maximum absolute atomic E-state index is 11.9. The van der Waals surface area contributed by atoms with Gasteiger partial charge in [-0.25, -0.2) is 0 Å². The van der Waals surface area contributed by atoms with Crippen molar-refractivity contribution in [2.75, 3.05) is 13.7 Å². The molecule has 0 unspecified atom stereocenters. The van der Waals surface area contributed by atoms with E-state index in [1.54, 1.807) is 19.3 Å². The third kappa shape index (κ3) is 4.52. The highest BCUT2D eigenvalue weighted by Gasteiger charge is 2.15. The fourth-order valence-electron chi connectivity index (χ4n) is 2.56. The van der Waals surface area contributed by atoms with Gasteiger partial charge in [0.1, 0.15) is 0 Å². The summed E-state index contributed by atoms with van der Waals surface area (Å²) >= 11 is 0. The summed E-state index contributed by atoms with van der Waals surface area (Å²) in [6, 6.07) is 5.97. The molecule has 1 aromatic carbocycles. The number of ether oxygens (including phenoxy) is 2. The van der Waals surface area contributed by atoms with E-state index in [2.05, 4.69) is 5.32 Å². The van der Waals surface area contributed by atoms with Crippen molar-refractivity contribution in [3.8, 4) is 11.5 Å². The van der Waals surface area contributed by atoms with E-state index in [0.29, 0.717) is 24.1 Å². The lowest BCUT2D eigenvalue weighted by atomic mass is 10.2. The molecule has 2 rings (SSSR count). The van der Waals surface area contributed by atoms with Crippen molar-refractivity contribution in [3.05, 3.63) is 29.8 Å². The lowest BCUT2D eigenvalue weighted by Gasteiger charge is -2.10. The fourth-order valence-corrected chi connectivity index (χ4v) is 2.56. The summed E-state index contributed by atoms with van der Waals surface area (Å²) in [4.78, 5) is 11.9. The second-order valence-corrected chi connectivity index (χ2v) is 5.17. The molecule has 1 saturated carbocycles. The van der Waals surface area contributed by atoms with Gasteiger partial charge in [-0.15, -0.1) is 0 Å². The second-order valence-electron chi connectivity index (χ2n) is 5.17. The lowest BCUT2D eigenvalue weighted by molar-refractivity contribution is -0.117. The Hall–Kier alpha value is -1.97. The van der Waals surface area contributed by atoms with Crippen molar-refractivity contribution in [1.82, 2.24) is 5.32 Å². The highest BCUT2D eigenvalue weighted by Crippen LogP contribution is 2.28. The van der Waals surface area contributed by atoms with Gasteiger partial charge in [-0.1, -0.05) is 18.9 Å². The summed E-state index contributed by atoms with van der Waals surface area (Å²) in [5, 5.41) is 3.03. The second kappa shape index (κ2) is 7.72. The molecule has 1 aliphatic carbocycles. The van der Waals surface area contributed by atoms with Crippen LogP contribution in [-0.4, -0.2) is 25.7 Å². The molecule has 1 aliphatic rings. The molecule has 0 saturated heterocycles. The molecule has 0 aromatic heterocycles. The van der Waals surface area contributed by atoms with Crippen molar-refractivity contribution in [3.63, 3.8) is 0 Å². The fraction of sp³-hybridized carbons (Fsp3) is 0.471. The van der Waals surface area contributed by atoms with E-state index < -0.39 is 0 Å². The Morgan fingerprint density at radius 1 is 1.33 bits per heavy atom. The Morgan fingerprint density at radius 2 is 2.10 bits per heavy atom. The molecule has 0 spiro atoms. The Labute approximate surface area is 126 Å². The van der Waals surface area contributed by atoms with Gasteiger partial charge in [-0.2, -0.15) is 0 Å². The first kappa shape index (κ1) is 15.4. The quantitative estimate of drug-likeness (QED) is 0.818. The van der Waals surface area contributed by atoms with Crippen molar-refractivity contribution in [1.29, 1.82) is 0 Å². The first-order valence-electron chi connectivity index (χ1n) is 7.52. The van der Waals surface area contributed by atoms with Crippen LogP contribution in [0.3, 0.4) is 0 Å². The van der Waals surface area contributed by atoms with Crippen LogP contribution in [0.1, 0.15) is 38.2 Å². The van der Waals surface area contributed by atoms with Crippen LogP contribution < -0.4 is 14.8 Å². The minimum atomic E-state index is -0.0318. The number of amides is 1. The van der Waals surface area contributed by atoms with Crippen LogP contribution in [0.5, 0.6) is 11.5 Å². The first-order chi connectivity index (χ1) is 10.2. The minimum Gasteiger partial charge on any atom is -0.493 e. The Balaban J connectivity index is 1.99. The zero-order chi connectivity index (χ0) is 15.1. The van der Waals surface area contributed by atoms with E-state index in [1.165, 1.54) is 12.8 Å². The van der Waals surface area contributed by atoms with Crippen molar-refractivity contribution >= 4 is 12.0 Å². The van der Waals surface area contributed by atoms with Crippen LogP contribution in [0.25, 0.3) is 6.08 Å². The number of carbonyl (C=O) groups excluding carboxylic acids is 1. The third-order valence-corrected chi connectivity index (χ3v) is 3.62. The van der Waals surface area contributed by atoms with Crippen LogP contribution in [0.2, 0.25) is 0 Å². The van der Waals surface area contributed by atoms with Gasteiger partial charge in [0.15, 0.2) is 11.5 Å². The smallest absolute Gasteiger partial charge is 0.244 e. The van der Waals surface area contributed by atoms with Gasteiger partial charge in [0, 0.05) is 12.1 Å². The van der Waals surface area contributed by atoms with Gasteiger partial charge < -0.3 is 14.8 Å². The number of rotatable bonds is 6. The summed E-state index contributed by atoms with van der Waals surface area (Å²) < 4.78 is 10.8. The monoisotopic (exact) mass is 289 g/mol. The predicted octanol–water partition coefficient (Wildman–Crippen LogP) is 3.17. The topological polar surface area (TPSA) is 47.6 Å². The van der Waals surface area contributed by atoms with Crippen molar-refractivity contribution in [2.24, 2.45) is 0 Å². The molecule has 0 radical (unpaired) electrons. The molecular formula is C17H23NO3. The van der Waals surface area contributed by atoms with Gasteiger partial charge in [0.25, 0.3) is 0 Å². The SMILES string of the molecule is CCOc1cc(/C=C/C(=O)NC2CCCC2)ccc1OC.